The summed E-state index contributed by atoms with van der Waals surface area (Å²) >= 11 is 0. The Morgan fingerprint density at radius 3 is 2.82 bits per heavy atom. The highest BCUT2D eigenvalue weighted by Crippen LogP contribution is 2.09. The first-order valence-electron chi connectivity index (χ1n) is 5.41. The van der Waals surface area contributed by atoms with Crippen molar-refractivity contribution in [2.24, 2.45) is 0 Å². The topological polar surface area (TPSA) is 50.7 Å². The van der Waals surface area contributed by atoms with Gasteiger partial charge in [-0.3, -0.25) is 4.79 Å². The van der Waals surface area contributed by atoms with Crippen LogP contribution in [0.4, 0.5) is 0 Å². The smallest absolute Gasteiger partial charge is 0.296 e. The molecule has 2 aromatic heterocycles. The van der Waals surface area contributed by atoms with Crippen molar-refractivity contribution >= 4 is 11.0 Å². The fraction of sp³-hybridized carbons (Fsp3) is 0.0769. The lowest BCUT2D eigenvalue weighted by molar-refractivity contribution is 0.798. The highest BCUT2D eigenvalue weighted by molar-refractivity contribution is 5.74. The van der Waals surface area contributed by atoms with Crippen molar-refractivity contribution in [1.29, 1.82) is 0 Å². The molecule has 0 fully saturated rings. The zero-order valence-corrected chi connectivity index (χ0v) is 9.13. The van der Waals surface area contributed by atoms with E-state index in [0.717, 1.165) is 5.52 Å². The van der Waals surface area contributed by atoms with E-state index < -0.39 is 0 Å². The minimum Gasteiger partial charge on any atom is -0.355 e. The maximum atomic E-state index is 11.5. The van der Waals surface area contributed by atoms with E-state index >= 15 is 0 Å². The Bertz CT molecular complexity index is 697. The molecular weight excluding hydrogens is 214 g/mol. The molecule has 0 unspecified atom stereocenters. The summed E-state index contributed by atoms with van der Waals surface area (Å²) in [7, 11) is 0. The number of rotatable bonds is 2. The van der Waals surface area contributed by atoms with Crippen LogP contribution < -0.4 is 5.56 Å². The van der Waals surface area contributed by atoms with Gasteiger partial charge in [0.2, 0.25) is 0 Å². The van der Waals surface area contributed by atoms with Gasteiger partial charge < -0.3 is 9.55 Å². The van der Waals surface area contributed by atoms with E-state index in [4.69, 9.17) is 0 Å². The molecule has 1 N–H and O–H groups in total. The van der Waals surface area contributed by atoms with Crippen molar-refractivity contribution in [3.8, 4) is 0 Å². The third-order valence-corrected chi connectivity index (χ3v) is 2.76. The van der Waals surface area contributed by atoms with Crippen LogP contribution in [0.15, 0.2) is 53.7 Å². The summed E-state index contributed by atoms with van der Waals surface area (Å²) in [4.78, 5) is 18.3. The molecule has 0 saturated carbocycles. The summed E-state index contributed by atoms with van der Waals surface area (Å²) in [5.74, 6) is 0. The Labute approximate surface area is 97.6 Å². The number of benzene rings is 1. The number of fused-ring (bicyclic) bond motifs is 1. The molecule has 0 aliphatic heterocycles. The van der Waals surface area contributed by atoms with Crippen molar-refractivity contribution < 1.29 is 0 Å². The number of hydrogen-bond acceptors (Lipinski definition) is 2. The predicted octanol–water partition coefficient (Wildman–Crippen LogP) is 1.77. The van der Waals surface area contributed by atoms with Gasteiger partial charge in [-0.25, -0.2) is 0 Å². The Morgan fingerprint density at radius 2 is 2.00 bits per heavy atom. The first-order chi connectivity index (χ1) is 8.34. The summed E-state index contributed by atoms with van der Waals surface area (Å²) in [5.41, 5.74) is 2.41. The molecule has 4 heteroatoms. The van der Waals surface area contributed by atoms with Gasteiger partial charge >= 0.3 is 0 Å². The van der Waals surface area contributed by atoms with Crippen molar-refractivity contribution in [3.63, 3.8) is 0 Å². The minimum atomic E-state index is -0.214. The normalized spacial score (nSPS) is 10.8. The highest BCUT2D eigenvalue weighted by Gasteiger charge is 2.04. The molecule has 0 aliphatic carbocycles. The maximum Gasteiger partial charge on any atom is 0.296 e. The van der Waals surface area contributed by atoms with Crippen LogP contribution in [0, 0.1) is 0 Å². The molecule has 0 bridgehead atoms. The monoisotopic (exact) mass is 225 g/mol. The van der Waals surface area contributed by atoms with Crippen LogP contribution in [-0.4, -0.2) is 14.5 Å². The molecule has 84 valence electrons. The van der Waals surface area contributed by atoms with Gasteiger partial charge in [0.15, 0.2) is 0 Å². The van der Waals surface area contributed by atoms with Crippen LogP contribution in [-0.2, 0) is 6.54 Å². The minimum absolute atomic E-state index is 0.214. The fourth-order valence-corrected chi connectivity index (χ4v) is 1.93. The molecule has 0 aliphatic rings. The lowest BCUT2D eigenvalue weighted by Gasteiger charge is -2.07. The summed E-state index contributed by atoms with van der Waals surface area (Å²) in [5, 5.41) is 0. The molecule has 17 heavy (non-hydrogen) atoms. The molecule has 4 nitrogen and oxygen atoms in total. The largest absolute Gasteiger partial charge is 0.355 e. The van der Waals surface area contributed by atoms with Gasteiger partial charge in [0.1, 0.15) is 5.52 Å². The SMILES string of the molecule is O=c1ncn(Cc2ccccc2)c2cc[nH]c12. The second kappa shape index (κ2) is 3.90. The average molecular weight is 225 g/mol. The zero-order valence-electron chi connectivity index (χ0n) is 9.13. The van der Waals surface area contributed by atoms with Gasteiger partial charge in [-0.2, -0.15) is 4.98 Å². The van der Waals surface area contributed by atoms with Crippen molar-refractivity contribution in [1.82, 2.24) is 14.5 Å². The van der Waals surface area contributed by atoms with Gasteiger partial charge in [-0.05, 0) is 11.6 Å². The molecular formula is C13H11N3O. The van der Waals surface area contributed by atoms with E-state index in [9.17, 15) is 4.79 Å². The third kappa shape index (κ3) is 1.73. The second-order valence-electron chi connectivity index (χ2n) is 3.90. The van der Waals surface area contributed by atoms with Crippen LogP contribution in [0.25, 0.3) is 11.0 Å². The third-order valence-electron chi connectivity index (χ3n) is 2.76. The summed E-state index contributed by atoms with van der Waals surface area (Å²) in [6.45, 7) is 0.711. The second-order valence-corrected chi connectivity index (χ2v) is 3.90. The van der Waals surface area contributed by atoms with Crippen molar-refractivity contribution in [2.75, 3.05) is 0 Å². The standard InChI is InChI=1S/C13H11N3O/c17-13-12-11(6-7-14-12)16(9-15-13)8-10-4-2-1-3-5-10/h1-7,9,14H,8H2. The van der Waals surface area contributed by atoms with Crippen LogP contribution in [0.3, 0.4) is 0 Å². The maximum absolute atomic E-state index is 11.5. The Balaban J connectivity index is 2.10. The Morgan fingerprint density at radius 1 is 1.18 bits per heavy atom. The number of hydrogen-bond donors (Lipinski definition) is 1. The van der Waals surface area contributed by atoms with Crippen LogP contribution >= 0.6 is 0 Å². The molecule has 0 atom stereocenters. The first kappa shape index (κ1) is 9.84. The number of H-pyrrole nitrogens is 1. The van der Waals surface area contributed by atoms with Crippen LogP contribution in [0.2, 0.25) is 0 Å². The van der Waals surface area contributed by atoms with Crippen molar-refractivity contribution in [2.45, 2.75) is 6.54 Å². The van der Waals surface area contributed by atoms with Gasteiger partial charge in [-0.15, -0.1) is 0 Å². The van der Waals surface area contributed by atoms with Gasteiger partial charge in [0.05, 0.1) is 11.8 Å². The van der Waals surface area contributed by atoms with E-state index in [0.29, 0.717) is 12.1 Å². The summed E-state index contributed by atoms with van der Waals surface area (Å²) in [6, 6.07) is 12.0. The molecule has 2 heterocycles. The molecule has 0 spiro atoms. The lowest BCUT2D eigenvalue weighted by Crippen LogP contribution is -2.12. The first-order valence-corrected chi connectivity index (χ1v) is 5.41. The quantitative estimate of drug-likeness (QED) is 0.722. The predicted molar refractivity (Wildman–Crippen MR) is 65.9 cm³/mol. The van der Waals surface area contributed by atoms with Gasteiger partial charge in [0.25, 0.3) is 5.56 Å². The molecule has 3 aromatic rings. The van der Waals surface area contributed by atoms with Crippen LogP contribution in [0.5, 0.6) is 0 Å². The number of nitrogens with one attached hydrogen (secondary N) is 1. The molecule has 0 radical (unpaired) electrons. The molecule has 0 saturated heterocycles. The van der Waals surface area contributed by atoms with E-state index in [1.807, 2.05) is 28.8 Å². The van der Waals surface area contributed by atoms with E-state index in [1.165, 1.54) is 5.56 Å². The lowest BCUT2D eigenvalue weighted by atomic mass is 10.2. The average Bonchev–Trinajstić information content (AvgIpc) is 2.84. The molecule has 1 aromatic carbocycles. The van der Waals surface area contributed by atoms with Gasteiger partial charge in [-0.1, -0.05) is 30.3 Å². The Kier molecular flexibility index (Phi) is 2.26. The van der Waals surface area contributed by atoms with Gasteiger partial charge in [0, 0.05) is 12.7 Å². The van der Waals surface area contributed by atoms with E-state index in [2.05, 4.69) is 22.1 Å². The summed E-state index contributed by atoms with van der Waals surface area (Å²) < 4.78 is 1.96. The summed E-state index contributed by atoms with van der Waals surface area (Å²) in [6.07, 6.45) is 3.35. The molecule has 0 amide bonds. The van der Waals surface area contributed by atoms with Crippen LogP contribution in [0.1, 0.15) is 5.56 Å². The number of nitrogens with zero attached hydrogens (tertiary/aromatic N) is 2. The number of aromatic nitrogens is 3. The van der Waals surface area contributed by atoms with Crippen molar-refractivity contribution in [3.05, 3.63) is 64.8 Å². The Hall–Kier alpha value is -2.36. The van der Waals surface area contributed by atoms with E-state index in [1.54, 1.807) is 12.5 Å². The number of aromatic amines is 1. The fourth-order valence-electron chi connectivity index (χ4n) is 1.93. The molecule has 3 rings (SSSR count). The highest BCUT2D eigenvalue weighted by atomic mass is 16.1. The zero-order chi connectivity index (χ0) is 11.7. The van der Waals surface area contributed by atoms with E-state index in [-0.39, 0.29) is 5.56 Å².